The van der Waals surface area contributed by atoms with Crippen molar-refractivity contribution in [3.63, 3.8) is 0 Å². The Morgan fingerprint density at radius 1 is 1.56 bits per heavy atom. The zero-order valence-electron chi connectivity index (χ0n) is 9.56. The van der Waals surface area contributed by atoms with Gasteiger partial charge in [-0.2, -0.15) is 5.26 Å². The molecule has 0 atom stereocenters. The van der Waals surface area contributed by atoms with Gasteiger partial charge in [0.15, 0.2) is 5.57 Å². The van der Waals surface area contributed by atoms with Gasteiger partial charge in [0.1, 0.15) is 6.07 Å². The zero-order valence-corrected chi connectivity index (χ0v) is 9.56. The van der Waals surface area contributed by atoms with Crippen LogP contribution in [0.5, 0.6) is 0 Å². The molecular weight excluding hydrogens is 234 g/mol. The van der Waals surface area contributed by atoms with Crippen molar-refractivity contribution in [1.29, 1.82) is 5.26 Å². The average Bonchev–Trinajstić information content (AvgIpc) is 2.69. The van der Waals surface area contributed by atoms with Crippen LogP contribution in [0.2, 0.25) is 0 Å². The number of carbonyl (C=O) groups is 2. The highest BCUT2D eigenvalue weighted by Crippen LogP contribution is 2.26. The lowest BCUT2D eigenvalue weighted by atomic mass is 10.1. The fourth-order valence-corrected chi connectivity index (χ4v) is 1.65. The first-order valence-corrected chi connectivity index (χ1v) is 5.26. The number of aromatic nitrogens is 1. The first kappa shape index (κ1) is 11.8. The van der Waals surface area contributed by atoms with Crippen molar-refractivity contribution in [1.82, 2.24) is 10.3 Å². The third-order valence-electron chi connectivity index (χ3n) is 2.41. The number of carbonyl (C=O) groups excluding carboxylic acids is 2. The maximum Gasteiger partial charge on any atom is 0.351 e. The van der Waals surface area contributed by atoms with Gasteiger partial charge in [-0.1, -0.05) is 0 Å². The molecule has 1 amide bonds. The molecule has 0 aliphatic carbocycles. The lowest BCUT2D eigenvalue weighted by Gasteiger charge is -2.04. The van der Waals surface area contributed by atoms with Gasteiger partial charge in [-0.05, 0) is 13.0 Å². The Labute approximate surface area is 103 Å². The average molecular weight is 243 g/mol. The van der Waals surface area contributed by atoms with E-state index in [2.05, 4.69) is 10.3 Å². The summed E-state index contributed by atoms with van der Waals surface area (Å²) in [5.41, 5.74) is 0.789. The van der Waals surface area contributed by atoms with Crippen molar-refractivity contribution in [2.75, 3.05) is 6.61 Å². The number of fused-ring (bicyclic) bond motifs is 1. The minimum absolute atomic E-state index is 0.161. The molecule has 1 N–H and O–H groups in total. The lowest BCUT2D eigenvalue weighted by Crippen LogP contribution is -2.17. The van der Waals surface area contributed by atoms with Gasteiger partial charge in [0, 0.05) is 18.0 Å². The van der Waals surface area contributed by atoms with Gasteiger partial charge in [0.05, 0.1) is 17.9 Å². The number of nitrogens with one attached hydrogen (secondary N) is 1. The monoisotopic (exact) mass is 243 g/mol. The quantitative estimate of drug-likeness (QED) is 0.467. The molecule has 1 aromatic heterocycles. The summed E-state index contributed by atoms with van der Waals surface area (Å²) >= 11 is 0. The largest absolute Gasteiger partial charge is 0.462 e. The number of rotatable bonds is 2. The van der Waals surface area contributed by atoms with Crippen LogP contribution in [-0.2, 0) is 9.53 Å². The van der Waals surface area contributed by atoms with Crippen LogP contribution in [0.1, 0.15) is 22.8 Å². The highest BCUT2D eigenvalue weighted by molar-refractivity contribution is 6.14. The van der Waals surface area contributed by atoms with E-state index in [1.165, 1.54) is 12.4 Å². The standard InChI is InChI=1S/C12H9N3O3/c1-2-18-12(17)8(5-13)10-7-3-4-14-6-9(7)11(16)15-10/h3-4,6H,2H2,1H3,(H,15,16)/b10-8-. The summed E-state index contributed by atoms with van der Waals surface area (Å²) in [6, 6.07) is 3.33. The van der Waals surface area contributed by atoms with Crippen LogP contribution < -0.4 is 5.32 Å². The summed E-state index contributed by atoms with van der Waals surface area (Å²) in [4.78, 5) is 27.1. The number of pyridine rings is 1. The molecular formula is C12H9N3O3. The van der Waals surface area contributed by atoms with Gasteiger partial charge in [0.2, 0.25) is 0 Å². The Morgan fingerprint density at radius 3 is 3.00 bits per heavy atom. The zero-order chi connectivity index (χ0) is 13.1. The third kappa shape index (κ3) is 1.82. The second-order valence-electron chi connectivity index (χ2n) is 3.46. The number of esters is 1. The van der Waals surface area contributed by atoms with Crippen LogP contribution in [0.4, 0.5) is 0 Å². The number of hydrogen-bond acceptors (Lipinski definition) is 5. The SMILES string of the molecule is CCOC(=O)/C(C#N)=C1\NC(=O)c2cnccc21. The van der Waals surface area contributed by atoms with Gasteiger partial charge in [-0.25, -0.2) is 4.79 Å². The molecule has 0 aromatic carbocycles. The molecule has 0 unspecified atom stereocenters. The number of nitrogens with zero attached hydrogens (tertiary/aromatic N) is 2. The van der Waals surface area contributed by atoms with Gasteiger partial charge < -0.3 is 10.1 Å². The molecule has 0 radical (unpaired) electrons. The number of amides is 1. The molecule has 6 nitrogen and oxygen atoms in total. The summed E-state index contributed by atoms with van der Waals surface area (Å²) in [5, 5.41) is 11.5. The van der Waals surface area contributed by atoms with Gasteiger partial charge in [-0.15, -0.1) is 0 Å². The highest BCUT2D eigenvalue weighted by Gasteiger charge is 2.29. The number of nitriles is 1. The van der Waals surface area contributed by atoms with Gasteiger partial charge in [0.25, 0.3) is 5.91 Å². The van der Waals surface area contributed by atoms with E-state index in [1.807, 2.05) is 0 Å². The van der Waals surface area contributed by atoms with Gasteiger partial charge >= 0.3 is 5.97 Å². The van der Waals surface area contributed by atoms with E-state index < -0.39 is 5.97 Å². The van der Waals surface area contributed by atoms with E-state index in [9.17, 15) is 9.59 Å². The second kappa shape index (κ2) is 4.67. The van der Waals surface area contributed by atoms with Crippen molar-refractivity contribution >= 4 is 17.6 Å². The molecule has 2 rings (SSSR count). The molecule has 2 heterocycles. The number of hydrogen-bond donors (Lipinski definition) is 1. The molecule has 0 saturated carbocycles. The third-order valence-corrected chi connectivity index (χ3v) is 2.41. The fourth-order valence-electron chi connectivity index (χ4n) is 1.65. The molecule has 1 aliphatic heterocycles. The number of ether oxygens (including phenoxy) is 1. The van der Waals surface area contributed by atoms with Crippen molar-refractivity contribution in [2.45, 2.75) is 6.92 Å². The maximum absolute atomic E-state index is 11.6. The molecule has 0 bridgehead atoms. The van der Waals surface area contributed by atoms with Crippen LogP contribution in [0, 0.1) is 11.3 Å². The van der Waals surface area contributed by atoms with Crippen LogP contribution in [0.25, 0.3) is 5.70 Å². The van der Waals surface area contributed by atoms with E-state index in [1.54, 1.807) is 19.1 Å². The van der Waals surface area contributed by atoms with Gasteiger partial charge in [-0.3, -0.25) is 9.78 Å². The van der Waals surface area contributed by atoms with Crippen molar-refractivity contribution in [3.8, 4) is 6.07 Å². The van der Waals surface area contributed by atoms with Crippen LogP contribution in [0.15, 0.2) is 24.0 Å². The topological polar surface area (TPSA) is 92.1 Å². The van der Waals surface area contributed by atoms with E-state index in [4.69, 9.17) is 10.00 Å². The predicted octanol–water partition coefficient (Wildman–Crippen LogP) is 0.623. The summed E-state index contributed by atoms with van der Waals surface area (Å²) < 4.78 is 4.77. The molecule has 1 aromatic rings. The fraction of sp³-hybridized carbons (Fsp3) is 0.167. The Bertz CT molecular complexity index is 599. The Hall–Kier alpha value is -2.68. The minimum Gasteiger partial charge on any atom is -0.462 e. The van der Waals surface area contributed by atoms with E-state index >= 15 is 0 Å². The summed E-state index contributed by atoms with van der Waals surface area (Å²) in [6.07, 6.45) is 2.87. The van der Waals surface area contributed by atoms with Crippen molar-refractivity contribution < 1.29 is 14.3 Å². The highest BCUT2D eigenvalue weighted by atomic mass is 16.5. The maximum atomic E-state index is 11.6. The molecule has 1 aliphatic rings. The molecule has 0 spiro atoms. The molecule has 6 heteroatoms. The van der Waals surface area contributed by atoms with E-state index in [0.29, 0.717) is 11.1 Å². The first-order valence-electron chi connectivity index (χ1n) is 5.26. The van der Waals surface area contributed by atoms with Crippen molar-refractivity contribution in [3.05, 3.63) is 35.2 Å². The smallest absolute Gasteiger partial charge is 0.351 e. The predicted molar refractivity (Wildman–Crippen MR) is 60.9 cm³/mol. The second-order valence-corrected chi connectivity index (χ2v) is 3.46. The lowest BCUT2D eigenvalue weighted by molar-refractivity contribution is -0.137. The minimum atomic E-state index is -0.750. The summed E-state index contributed by atoms with van der Waals surface area (Å²) in [6.45, 7) is 1.80. The van der Waals surface area contributed by atoms with Crippen molar-refractivity contribution in [2.24, 2.45) is 0 Å². The Morgan fingerprint density at radius 2 is 2.33 bits per heavy atom. The molecule has 0 saturated heterocycles. The van der Waals surface area contributed by atoms with Crippen LogP contribution in [0.3, 0.4) is 0 Å². The van der Waals surface area contributed by atoms with E-state index in [0.717, 1.165) is 0 Å². The molecule has 0 fully saturated rings. The van der Waals surface area contributed by atoms with Crippen LogP contribution >= 0.6 is 0 Å². The summed E-state index contributed by atoms with van der Waals surface area (Å²) in [5.74, 6) is -1.13. The first-order chi connectivity index (χ1) is 8.69. The summed E-state index contributed by atoms with van der Waals surface area (Å²) in [7, 11) is 0. The van der Waals surface area contributed by atoms with Crippen LogP contribution in [-0.4, -0.2) is 23.5 Å². The molecule has 18 heavy (non-hydrogen) atoms. The Kier molecular flexibility index (Phi) is 3.06. The normalized spacial score (nSPS) is 15.4. The molecule has 90 valence electrons. The van der Waals surface area contributed by atoms with E-state index in [-0.39, 0.29) is 23.8 Å². The Balaban J connectivity index is 2.55.